The molecule has 2 aromatic rings. The summed E-state index contributed by atoms with van der Waals surface area (Å²) in [4.78, 5) is 29.7. The fraction of sp³-hybridized carbons (Fsp3) is 0.235. The van der Waals surface area contributed by atoms with Crippen molar-refractivity contribution in [1.82, 2.24) is 15.2 Å². The van der Waals surface area contributed by atoms with Gasteiger partial charge in [-0.05, 0) is 36.2 Å². The van der Waals surface area contributed by atoms with Crippen molar-refractivity contribution in [2.24, 2.45) is 0 Å². The highest BCUT2D eigenvalue weighted by molar-refractivity contribution is 6.34. The van der Waals surface area contributed by atoms with Crippen molar-refractivity contribution in [3.8, 4) is 0 Å². The lowest BCUT2D eigenvalue weighted by molar-refractivity contribution is -0.129. The molecule has 6 heteroatoms. The maximum absolute atomic E-state index is 12.1. The van der Waals surface area contributed by atoms with Crippen molar-refractivity contribution in [2.45, 2.75) is 13.5 Å². The van der Waals surface area contributed by atoms with Gasteiger partial charge >= 0.3 is 0 Å². The summed E-state index contributed by atoms with van der Waals surface area (Å²) >= 11 is 6.11. The Labute approximate surface area is 140 Å². The standard InChI is InChI=1S/C17H18ClN3O2/c1-12-4-3-5-14(16(12)18)17(23)20-10-15(22)21(2)11-13-6-8-19-9-7-13/h3-9H,10-11H2,1-2H3,(H,20,23). The molecule has 0 atom stereocenters. The number of aryl methyl sites for hydroxylation is 1. The molecule has 0 aliphatic heterocycles. The Bertz CT molecular complexity index is 704. The number of nitrogens with one attached hydrogen (secondary N) is 1. The number of benzene rings is 1. The molecule has 1 N–H and O–H groups in total. The molecule has 0 fully saturated rings. The van der Waals surface area contributed by atoms with Gasteiger partial charge in [0.2, 0.25) is 5.91 Å². The van der Waals surface area contributed by atoms with Crippen LogP contribution in [0, 0.1) is 6.92 Å². The molecule has 0 aliphatic rings. The number of hydrogen-bond acceptors (Lipinski definition) is 3. The van der Waals surface area contributed by atoms with E-state index in [2.05, 4.69) is 10.3 Å². The summed E-state index contributed by atoms with van der Waals surface area (Å²) in [5, 5.41) is 3.01. The molecule has 2 rings (SSSR count). The van der Waals surface area contributed by atoms with Gasteiger partial charge in [0.15, 0.2) is 0 Å². The molecular weight excluding hydrogens is 314 g/mol. The first-order chi connectivity index (χ1) is 11.0. The topological polar surface area (TPSA) is 62.3 Å². The quantitative estimate of drug-likeness (QED) is 0.915. The van der Waals surface area contributed by atoms with Crippen LogP contribution in [0.1, 0.15) is 21.5 Å². The van der Waals surface area contributed by atoms with Gasteiger partial charge in [-0.1, -0.05) is 23.7 Å². The molecule has 0 unspecified atom stereocenters. The van der Waals surface area contributed by atoms with E-state index in [0.29, 0.717) is 17.1 Å². The number of aromatic nitrogens is 1. The highest BCUT2D eigenvalue weighted by Gasteiger charge is 2.14. The van der Waals surface area contributed by atoms with Gasteiger partial charge in [0, 0.05) is 26.0 Å². The number of pyridine rings is 1. The lowest BCUT2D eigenvalue weighted by Crippen LogP contribution is -2.37. The van der Waals surface area contributed by atoms with Gasteiger partial charge in [-0.3, -0.25) is 14.6 Å². The lowest BCUT2D eigenvalue weighted by Gasteiger charge is -2.17. The van der Waals surface area contributed by atoms with E-state index in [9.17, 15) is 9.59 Å². The molecule has 23 heavy (non-hydrogen) atoms. The zero-order chi connectivity index (χ0) is 16.8. The molecule has 0 saturated heterocycles. The van der Waals surface area contributed by atoms with Crippen LogP contribution in [0.5, 0.6) is 0 Å². The molecule has 0 saturated carbocycles. The minimum atomic E-state index is -0.357. The van der Waals surface area contributed by atoms with Crippen molar-refractivity contribution in [3.63, 3.8) is 0 Å². The van der Waals surface area contributed by atoms with Gasteiger partial charge in [-0.25, -0.2) is 0 Å². The second-order valence-electron chi connectivity index (χ2n) is 5.22. The molecule has 2 amide bonds. The minimum Gasteiger partial charge on any atom is -0.343 e. The number of nitrogens with zero attached hydrogens (tertiary/aromatic N) is 2. The summed E-state index contributed by atoms with van der Waals surface area (Å²) < 4.78 is 0. The normalized spacial score (nSPS) is 10.2. The summed E-state index contributed by atoms with van der Waals surface area (Å²) in [6, 6.07) is 8.90. The lowest BCUT2D eigenvalue weighted by atomic mass is 10.1. The predicted molar refractivity (Wildman–Crippen MR) is 89.2 cm³/mol. The van der Waals surface area contributed by atoms with E-state index in [1.807, 2.05) is 25.1 Å². The van der Waals surface area contributed by atoms with Crippen molar-refractivity contribution in [1.29, 1.82) is 0 Å². The highest BCUT2D eigenvalue weighted by Crippen LogP contribution is 2.19. The van der Waals surface area contributed by atoms with E-state index in [-0.39, 0.29) is 18.4 Å². The Kier molecular flexibility index (Phi) is 5.71. The van der Waals surface area contributed by atoms with Crippen LogP contribution in [0.2, 0.25) is 5.02 Å². The number of amides is 2. The van der Waals surface area contributed by atoms with Crippen LogP contribution in [-0.4, -0.2) is 35.3 Å². The van der Waals surface area contributed by atoms with Gasteiger partial charge in [0.25, 0.3) is 5.91 Å². The summed E-state index contributed by atoms with van der Waals surface area (Å²) in [6.45, 7) is 2.21. The second-order valence-corrected chi connectivity index (χ2v) is 5.60. The maximum atomic E-state index is 12.1. The first kappa shape index (κ1) is 17.0. The van der Waals surface area contributed by atoms with E-state index >= 15 is 0 Å². The fourth-order valence-electron chi connectivity index (χ4n) is 2.06. The molecule has 5 nitrogen and oxygen atoms in total. The number of likely N-dealkylation sites (N-methyl/N-ethyl adjacent to an activating group) is 1. The zero-order valence-electron chi connectivity index (χ0n) is 13.0. The van der Waals surface area contributed by atoms with Crippen LogP contribution < -0.4 is 5.32 Å². The molecule has 0 aliphatic carbocycles. The van der Waals surface area contributed by atoms with Crippen molar-refractivity contribution >= 4 is 23.4 Å². The highest BCUT2D eigenvalue weighted by atomic mass is 35.5. The Morgan fingerprint density at radius 2 is 1.91 bits per heavy atom. The summed E-state index contributed by atoms with van der Waals surface area (Å²) in [5.41, 5.74) is 2.17. The molecule has 0 radical (unpaired) electrons. The summed E-state index contributed by atoms with van der Waals surface area (Å²) in [5.74, 6) is -0.539. The Hall–Kier alpha value is -2.40. The number of hydrogen-bond donors (Lipinski definition) is 1. The second kappa shape index (κ2) is 7.74. The fourth-order valence-corrected chi connectivity index (χ4v) is 2.27. The molecule has 0 spiro atoms. The zero-order valence-corrected chi connectivity index (χ0v) is 13.8. The molecule has 1 aromatic carbocycles. The smallest absolute Gasteiger partial charge is 0.253 e. The summed E-state index contributed by atoms with van der Waals surface area (Å²) in [6.07, 6.45) is 3.35. The van der Waals surface area contributed by atoms with Crippen LogP contribution in [0.3, 0.4) is 0 Å². The largest absolute Gasteiger partial charge is 0.343 e. The van der Waals surface area contributed by atoms with Crippen LogP contribution in [0.15, 0.2) is 42.7 Å². The predicted octanol–water partition coefficient (Wildman–Crippen LogP) is 2.43. The number of halogens is 1. The average Bonchev–Trinajstić information content (AvgIpc) is 2.55. The molecule has 1 heterocycles. The molecule has 0 bridgehead atoms. The van der Waals surface area contributed by atoms with Crippen molar-refractivity contribution in [2.75, 3.05) is 13.6 Å². The Balaban J connectivity index is 1.91. The van der Waals surface area contributed by atoms with Crippen molar-refractivity contribution < 1.29 is 9.59 Å². The average molecular weight is 332 g/mol. The minimum absolute atomic E-state index is 0.0787. The van der Waals surface area contributed by atoms with Gasteiger partial charge < -0.3 is 10.2 Å². The van der Waals surface area contributed by atoms with E-state index < -0.39 is 0 Å². The third-order valence-electron chi connectivity index (χ3n) is 3.43. The van der Waals surface area contributed by atoms with Crippen LogP contribution in [0.25, 0.3) is 0 Å². The van der Waals surface area contributed by atoms with E-state index in [1.165, 1.54) is 0 Å². The van der Waals surface area contributed by atoms with E-state index in [0.717, 1.165) is 11.1 Å². The third-order valence-corrected chi connectivity index (χ3v) is 3.93. The summed E-state index contributed by atoms with van der Waals surface area (Å²) in [7, 11) is 1.69. The van der Waals surface area contributed by atoms with Crippen LogP contribution >= 0.6 is 11.6 Å². The number of carbonyl (C=O) groups excluding carboxylic acids is 2. The molecule has 1 aromatic heterocycles. The van der Waals surface area contributed by atoms with Gasteiger partial charge in [0.05, 0.1) is 17.1 Å². The van der Waals surface area contributed by atoms with E-state index in [4.69, 9.17) is 11.6 Å². The SMILES string of the molecule is Cc1cccc(C(=O)NCC(=O)N(C)Cc2ccncc2)c1Cl. The number of carbonyl (C=O) groups is 2. The first-order valence-corrected chi connectivity index (χ1v) is 7.53. The third kappa shape index (κ3) is 4.53. The first-order valence-electron chi connectivity index (χ1n) is 7.15. The van der Waals surface area contributed by atoms with Gasteiger partial charge in [0.1, 0.15) is 0 Å². The van der Waals surface area contributed by atoms with Crippen molar-refractivity contribution in [3.05, 3.63) is 64.4 Å². The van der Waals surface area contributed by atoms with Crippen LogP contribution in [0.4, 0.5) is 0 Å². The Morgan fingerprint density at radius 1 is 1.22 bits per heavy atom. The van der Waals surface area contributed by atoms with E-state index in [1.54, 1.807) is 36.5 Å². The maximum Gasteiger partial charge on any atom is 0.253 e. The van der Waals surface area contributed by atoms with Crippen LogP contribution in [-0.2, 0) is 11.3 Å². The monoisotopic (exact) mass is 331 g/mol. The Morgan fingerprint density at radius 3 is 2.61 bits per heavy atom. The van der Waals surface area contributed by atoms with Gasteiger partial charge in [-0.15, -0.1) is 0 Å². The molecule has 120 valence electrons. The molecular formula is C17H18ClN3O2. The van der Waals surface area contributed by atoms with Gasteiger partial charge in [-0.2, -0.15) is 0 Å². The number of rotatable bonds is 5.